The molecule has 1 aliphatic rings. The Morgan fingerprint density at radius 1 is 1.06 bits per heavy atom. The van der Waals surface area contributed by atoms with Crippen molar-refractivity contribution >= 4 is 22.8 Å². The number of fused-ring (bicyclic) bond motifs is 1. The number of aromatic nitrogens is 1. The zero-order valence-corrected chi connectivity index (χ0v) is 20.5. The number of rotatable bonds is 6. The molecular formula is C30H28N2O4. The van der Waals surface area contributed by atoms with Gasteiger partial charge in [-0.3, -0.25) is 4.79 Å². The Hall–Kier alpha value is -4.32. The summed E-state index contributed by atoms with van der Waals surface area (Å²) in [5.41, 5.74) is 3.94. The highest BCUT2D eigenvalue weighted by Gasteiger charge is 2.49. The molecule has 0 saturated heterocycles. The zero-order chi connectivity index (χ0) is 25.4. The number of cyclic esters (lactones) is 1. The summed E-state index contributed by atoms with van der Waals surface area (Å²) in [6, 6.07) is 24.9. The molecule has 2 heterocycles. The molecule has 0 spiro atoms. The van der Waals surface area contributed by atoms with Gasteiger partial charge < -0.3 is 20.1 Å². The average molecular weight is 481 g/mol. The van der Waals surface area contributed by atoms with E-state index < -0.39 is 17.5 Å². The van der Waals surface area contributed by atoms with Crippen molar-refractivity contribution in [1.29, 1.82) is 0 Å². The van der Waals surface area contributed by atoms with Crippen LogP contribution in [0.5, 0.6) is 0 Å². The second kappa shape index (κ2) is 9.04. The first-order valence-electron chi connectivity index (χ1n) is 11.9. The van der Waals surface area contributed by atoms with Gasteiger partial charge >= 0.3 is 5.97 Å². The molecule has 3 aromatic carbocycles. The van der Waals surface area contributed by atoms with E-state index in [0.29, 0.717) is 5.56 Å². The maximum Gasteiger partial charge on any atom is 0.339 e. The number of aliphatic hydroxyl groups is 1. The van der Waals surface area contributed by atoms with Gasteiger partial charge in [-0.2, -0.15) is 0 Å². The summed E-state index contributed by atoms with van der Waals surface area (Å²) in [5, 5.41) is 15.5. The number of nitrogens with one attached hydrogen (secondary N) is 2. The van der Waals surface area contributed by atoms with Crippen molar-refractivity contribution < 1.29 is 19.4 Å². The molecule has 4 aromatic rings. The summed E-state index contributed by atoms with van der Waals surface area (Å²) < 4.78 is 5.87. The first kappa shape index (κ1) is 23.4. The summed E-state index contributed by atoms with van der Waals surface area (Å²) in [6.07, 6.45) is 0. The van der Waals surface area contributed by atoms with Crippen LogP contribution in [-0.2, 0) is 26.5 Å². The van der Waals surface area contributed by atoms with Gasteiger partial charge in [-0.05, 0) is 31.0 Å². The molecule has 36 heavy (non-hydrogen) atoms. The number of hydrogen-bond acceptors (Lipinski definition) is 4. The van der Waals surface area contributed by atoms with Crippen LogP contribution >= 0.6 is 0 Å². The normalized spacial score (nSPS) is 18.4. The molecule has 0 fully saturated rings. The highest BCUT2D eigenvalue weighted by molar-refractivity contribution is 5.96. The van der Waals surface area contributed by atoms with Crippen molar-refractivity contribution in [2.45, 2.75) is 38.8 Å². The number of hydrogen-bond donors (Lipinski definition) is 3. The van der Waals surface area contributed by atoms with Crippen LogP contribution in [0.4, 0.5) is 0 Å². The van der Waals surface area contributed by atoms with E-state index in [1.165, 1.54) is 6.92 Å². The van der Waals surface area contributed by atoms with Crippen LogP contribution in [0.25, 0.3) is 10.9 Å². The number of aryl methyl sites for hydroxylation is 1. The number of H-pyrrole nitrogens is 1. The molecule has 0 aliphatic carbocycles. The Morgan fingerprint density at radius 2 is 1.72 bits per heavy atom. The van der Waals surface area contributed by atoms with Crippen molar-refractivity contribution in [2.75, 3.05) is 0 Å². The van der Waals surface area contributed by atoms with E-state index >= 15 is 0 Å². The van der Waals surface area contributed by atoms with Crippen molar-refractivity contribution in [3.63, 3.8) is 0 Å². The minimum Gasteiger partial charge on any atom is -0.507 e. The minimum atomic E-state index is -1.30. The second-order valence-electron chi connectivity index (χ2n) is 9.37. The SMILES string of the molecule is CC(=O)NCc1c(C(C2=C(O)[C@@](C)(c3ccccc3)OC2=O)c2ccccc2)[nH]c2cc(C)ccc12. The van der Waals surface area contributed by atoms with E-state index in [9.17, 15) is 14.7 Å². The van der Waals surface area contributed by atoms with Gasteiger partial charge in [0, 0.05) is 41.2 Å². The van der Waals surface area contributed by atoms with Crippen LogP contribution in [0.1, 0.15) is 47.7 Å². The first-order valence-corrected chi connectivity index (χ1v) is 11.9. The predicted octanol–water partition coefficient (Wildman–Crippen LogP) is 5.53. The molecule has 6 nitrogen and oxygen atoms in total. The van der Waals surface area contributed by atoms with Crippen LogP contribution in [-0.4, -0.2) is 22.0 Å². The highest BCUT2D eigenvalue weighted by atomic mass is 16.6. The fourth-order valence-electron chi connectivity index (χ4n) is 5.01. The standard InChI is InChI=1S/C30H28N2O4/c1-18-14-15-22-23(17-31-19(2)33)27(32-24(22)16-18)25(20-10-6-4-7-11-20)26-28(34)30(3,36-29(26)35)21-12-8-5-9-13-21/h4-16,25,32,34H,17H2,1-3H3,(H,31,33)/t25?,30-/m1/s1. The predicted molar refractivity (Wildman–Crippen MR) is 138 cm³/mol. The van der Waals surface area contributed by atoms with Gasteiger partial charge in [-0.25, -0.2) is 4.79 Å². The molecule has 2 atom stereocenters. The maximum absolute atomic E-state index is 13.5. The number of aromatic amines is 1. The lowest BCUT2D eigenvalue weighted by Gasteiger charge is -2.24. The third kappa shape index (κ3) is 3.94. The first-order chi connectivity index (χ1) is 17.3. The van der Waals surface area contributed by atoms with Gasteiger partial charge in [0.05, 0.1) is 11.5 Å². The van der Waals surface area contributed by atoms with Gasteiger partial charge in [-0.15, -0.1) is 0 Å². The van der Waals surface area contributed by atoms with Crippen LogP contribution in [0, 0.1) is 6.92 Å². The fourth-order valence-corrected chi connectivity index (χ4v) is 5.01. The largest absolute Gasteiger partial charge is 0.507 e. The van der Waals surface area contributed by atoms with E-state index in [2.05, 4.69) is 10.3 Å². The molecule has 1 unspecified atom stereocenters. The van der Waals surface area contributed by atoms with E-state index in [0.717, 1.165) is 33.3 Å². The molecule has 3 N–H and O–H groups in total. The summed E-state index contributed by atoms with van der Waals surface area (Å²) in [7, 11) is 0. The number of benzene rings is 3. The third-order valence-corrected chi connectivity index (χ3v) is 6.87. The Balaban J connectivity index is 1.77. The van der Waals surface area contributed by atoms with E-state index in [1.807, 2.05) is 85.8 Å². The molecule has 0 bridgehead atoms. The second-order valence-corrected chi connectivity index (χ2v) is 9.37. The minimum absolute atomic E-state index is 0.118. The Morgan fingerprint density at radius 3 is 2.39 bits per heavy atom. The number of aliphatic hydroxyl groups excluding tert-OH is 1. The average Bonchev–Trinajstić information content (AvgIpc) is 3.33. The molecule has 0 saturated carbocycles. The van der Waals surface area contributed by atoms with Crippen LogP contribution in [0.15, 0.2) is 90.2 Å². The molecule has 6 heteroatoms. The quantitative estimate of drug-likeness (QED) is 0.317. The van der Waals surface area contributed by atoms with Crippen molar-refractivity contribution in [3.8, 4) is 0 Å². The molecular weight excluding hydrogens is 452 g/mol. The van der Waals surface area contributed by atoms with Crippen molar-refractivity contribution in [3.05, 3.63) is 118 Å². The number of esters is 1. The lowest BCUT2D eigenvalue weighted by Crippen LogP contribution is -2.25. The van der Waals surface area contributed by atoms with Gasteiger partial charge in [0.1, 0.15) is 0 Å². The van der Waals surface area contributed by atoms with E-state index in [4.69, 9.17) is 4.74 Å². The Kier molecular flexibility index (Phi) is 5.88. The lowest BCUT2D eigenvalue weighted by atomic mass is 9.83. The van der Waals surface area contributed by atoms with Gasteiger partial charge in [0.2, 0.25) is 5.91 Å². The van der Waals surface area contributed by atoms with Crippen molar-refractivity contribution in [2.24, 2.45) is 0 Å². The number of carbonyl (C=O) groups is 2. The molecule has 1 aromatic heterocycles. The smallest absolute Gasteiger partial charge is 0.339 e. The van der Waals surface area contributed by atoms with Gasteiger partial charge in [-0.1, -0.05) is 72.8 Å². The molecule has 0 radical (unpaired) electrons. The van der Waals surface area contributed by atoms with Crippen LogP contribution < -0.4 is 5.32 Å². The van der Waals surface area contributed by atoms with Crippen LogP contribution in [0.3, 0.4) is 0 Å². The lowest BCUT2D eigenvalue weighted by molar-refractivity contribution is -0.147. The Labute approximate surface area is 209 Å². The monoisotopic (exact) mass is 480 g/mol. The zero-order valence-electron chi connectivity index (χ0n) is 20.5. The van der Waals surface area contributed by atoms with Crippen LogP contribution in [0.2, 0.25) is 0 Å². The van der Waals surface area contributed by atoms with Gasteiger partial charge in [0.15, 0.2) is 11.4 Å². The summed E-state index contributed by atoms with van der Waals surface area (Å²) in [4.78, 5) is 28.8. The Bertz CT molecular complexity index is 1490. The number of carbonyl (C=O) groups excluding carboxylic acids is 2. The van der Waals surface area contributed by atoms with Crippen molar-refractivity contribution in [1.82, 2.24) is 10.3 Å². The highest BCUT2D eigenvalue weighted by Crippen LogP contribution is 2.47. The summed E-state index contributed by atoms with van der Waals surface area (Å²) in [5.74, 6) is -1.49. The van der Waals surface area contributed by atoms with E-state index in [1.54, 1.807) is 6.92 Å². The topological polar surface area (TPSA) is 91.4 Å². The number of ether oxygens (including phenoxy) is 1. The molecule has 1 amide bonds. The summed E-state index contributed by atoms with van der Waals surface area (Å²) >= 11 is 0. The van der Waals surface area contributed by atoms with E-state index in [-0.39, 0.29) is 23.8 Å². The number of amides is 1. The summed E-state index contributed by atoms with van der Waals surface area (Å²) in [6.45, 7) is 5.46. The maximum atomic E-state index is 13.5. The third-order valence-electron chi connectivity index (χ3n) is 6.87. The fraction of sp³-hybridized carbons (Fsp3) is 0.200. The molecule has 1 aliphatic heterocycles. The molecule has 5 rings (SSSR count). The molecule has 182 valence electrons. The van der Waals surface area contributed by atoms with Gasteiger partial charge in [0.25, 0.3) is 0 Å².